The van der Waals surface area contributed by atoms with E-state index in [1.165, 1.54) is 12.4 Å². The molecule has 1 aromatic heterocycles. The fourth-order valence-corrected chi connectivity index (χ4v) is 2.87. The van der Waals surface area contributed by atoms with Crippen molar-refractivity contribution < 1.29 is 14.3 Å². The van der Waals surface area contributed by atoms with Crippen LogP contribution in [0.2, 0.25) is 0 Å². The first-order valence-electron chi connectivity index (χ1n) is 9.00. The Morgan fingerprint density at radius 2 is 1.89 bits per heavy atom. The van der Waals surface area contributed by atoms with Gasteiger partial charge in [0.25, 0.3) is 5.91 Å². The average molecular weight is 376 g/mol. The summed E-state index contributed by atoms with van der Waals surface area (Å²) in [5, 5.41) is 6.00. The molecule has 0 saturated heterocycles. The normalized spacial score (nSPS) is 12.3. The standard InChI is InChI=1S/C21H20N4O3/c1-14-3-2-4-15(9-14)11-24-21(26)17-12-23-20(13-22-17)25-16-5-6-18-19(10-16)28-8-7-27-18/h2-6,9-10,12-13H,7-8,11H2,1H3,(H,23,25)(H,24,26). The molecule has 4 rings (SSSR count). The van der Waals surface area contributed by atoms with Gasteiger partial charge in [0.2, 0.25) is 0 Å². The smallest absolute Gasteiger partial charge is 0.271 e. The third-order valence-electron chi connectivity index (χ3n) is 4.23. The topological polar surface area (TPSA) is 85.4 Å². The number of carbonyl (C=O) groups is 1. The maximum absolute atomic E-state index is 12.3. The summed E-state index contributed by atoms with van der Waals surface area (Å²) >= 11 is 0. The number of nitrogens with zero attached hydrogens (tertiary/aromatic N) is 2. The van der Waals surface area contributed by atoms with Crippen LogP contribution in [0.15, 0.2) is 54.9 Å². The lowest BCUT2D eigenvalue weighted by atomic mass is 10.1. The van der Waals surface area contributed by atoms with E-state index in [4.69, 9.17) is 9.47 Å². The lowest BCUT2D eigenvalue weighted by Gasteiger charge is -2.19. The van der Waals surface area contributed by atoms with Crippen LogP contribution < -0.4 is 20.1 Å². The second-order valence-corrected chi connectivity index (χ2v) is 6.44. The molecule has 2 heterocycles. The van der Waals surface area contributed by atoms with Gasteiger partial charge in [-0.05, 0) is 24.6 Å². The van der Waals surface area contributed by atoms with Crippen molar-refractivity contribution in [3.8, 4) is 11.5 Å². The van der Waals surface area contributed by atoms with E-state index in [0.29, 0.717) is 31.3 Å². The van der Waals surface area contributed by atoms with Gasteiger partial charge in [0.15, 0.2) is 11.5 Å². The number of ether oxygens (including phenoxy) is 2. The van der Waals surface area contributed by atoms with Crippen LogP contribution in [0.5, 0.6) is 11.5 Å². The number of hydrogen-bond donors (Lipinski definition) is 2. The molecule has 142 valence electrons. The summed E-state index contributed by atoms with van der Waals surface area (Å²) in [6.07, 6.45) is 2.98. The number of rotatable bonds is 5. The van der Waals surface area contributed by atoms with Crippen LogP contribution in [0.3, 0.4) is 0 Å². The summed E-state index contributed by atoms with van der Waals surface area (Å²) in [6, 6.07) is 13.6. The molecular weight excluding hydrogens is 356 g/mol. The molecule has 7 nitrogen and oxygen atoms in total. The number of fused-ring (bicyclic) bond motifs is 1. The van der Waals surface area contributed by atoms with Crippen LogP contribution in [0, 0.1) is 6.92 Å². The molecular formula is C21H20N4O3. The van der Waals surface area contributed by atoms with E-state index in [-0.39, 0.29) is 11.6 Å². The Kier molecular flexibility index (Phi) is 5.05. The molecule has 0 radical (unpaired) electrons. The lowest BCUT2D eigenvalue weighted by molar-refractivity contribution is 0.0945. The molecule has 0 spiro atoms. The molecule has 28 heavy (non-hydrogen) atoms. The summed E-state index contributed by atoms with van der Waals surface area (Å²) in [5.41, 5.74) is 3.26. The minimum absolute atomic E-state index is 0.264. The minimum atomic E-state index is -0.264. The maximum Gasteiger partial charge on any atom is 0.271 e. The molecule has 0 saturated carbocycles. The van der Waals surface area contributed by atoms with Gasteiger partial charge in [0.05, 0.1) is 12.4 Å². The maximum atomic E-state index is 12.3. The van der Waals surface area contributed by atoms with E-state index in [1.807, 2.05) is 49.4 Å². The summed E-state index contributed by atoms with van der Waals surface area (Å²) in [4.78, 5) is 20.7. The highest BCUT2D eigenvalue weighted by Gasteiger charge is 2.12. The molecule has 0 fully saturated rings. The molecule has 1 aliphatic rings. The van der Waals surface area contributed by atoms with Gasteiger partial charge < -0.3 is 20.1 Å². The van der Waals surface area contributed by atoms with E-state index in [9.17, 15) is 4.79 Å². The Morgan fingerprint density at radius 3 is 2.68 bits per heavy atom. The first-order valence-corrected chi connectivity index (χ1v) is 9.00. The molecule has 2 aromatic carbocycles. The van der Waals surface area contributed by atoms with E-state index < -0.39 is 0 Å². The Balaban J connectivity index is 1.37. The van der Waals surface area contributed by atoms with Crippen LogP contribution in [-0.4, -0.2) is 29.1 Å². The molecule has 0 unspecified atom stereocenters. The van der Waals surface area contributed by atoms with Crippen molar-refractivity contribution in [2.24, 2.45) is 0 Å². The lowest BCUT2D eigenvalue weighted by Crippen LogP contribution is -2.24. The number of nitrogens with one attached hydrogen (secondary N) is 2. The van der Waals surface area contributed by atoms with Crippen molar-refractivity contribution in [1.82, 2.24) is 15.3 Å². The quantitative estimate of drug-likeness (QED) is 0.711. The van der Waals surface area contributed by atoms with Crippen LogP contribution in [0.4, 0.5) is 11.5 Å². The summed E-state index contributed by atoms with van der Waals surface area (Å²) in [7, 11) is 0. The Morgan fingerprint density at radius 1 is 1.04 bits per heavy atom. The third-order valence-corrected chi connectivity index (χ3v) is 4.23. The summed E-state index contributed by atoms with van der Waals surface area (Å²) in [5.74, 6) is 1.69. The number of carbonyl (C=O) groups excluding carboxylic acids is 1. The predicted octanol–water partition coefficient (Wildman–Crippen LogP) is 3.23. The summed E-state index contributed by atoms with van der Waals surface area (Å²) < 4.78 is 11.1. The molecule has 1 aliphatic heterocycles. The third kappa shape index (κ3) is 4.20. The van der Waals surface area contributed by atoms with Crippen LogP contribution in [-0.2, 0) is 6.54 Å². The number of aromatic nitrogens is 2. The fourth-order valence-electron chi connectivity index (χ4n) is 2.87. The van der Waals surface area contributed by atoms with Gasteiger partial charge in [-0.15, -0.1) is 0 Å². The highest BCUT2D eigenvalue weighted by Crippen LogP contribution is 2.33. The zero-order valence-electron chi connectivity index (χ0n) is 15.4. The van der Waals surface area contributed by atoms with Crippen LogP contribution in [0.25, 0.3) is 0 Å². The number of amides is 1. The van der Waals surface area contributed by atoms with Gasteiger partial charge in [0.1, 0.15) is 24.7 Å². The highest BCUT2D eigenvalue weighted by atomic mass is 16.6. The molecule has 0 atom stereocenters. The molecule has 0 aliphatic carbocycles. The number of benzene rings is 2. The van der Waals surface area contributed by atoms with Gasteiger partial charge in [-0.1, -0.05) is 29.8 Å². The first-order chi connectivity index (χ1) is 13.7. The van der Waals surface area contributed by atoms with Crippen molar-refractivity contribution in [3.63, 3.8) is 0 Å². The number of anilines is 2. The molecule has 2 N–H and O–H groups in total. The Bertz CT molecular complexity index is 989. The highest BCUT2D eigenvalue weighted by molar-refractivity contribution is 5.92. The van der Waals surface area contributed by atoms with Crippen LogP contribution in [0.1, 0.15) is 21.6 Å². The number of hydrogen-bond acceptors (Lipinski definition) is 6. The second kappa shape index (κ2) is 7.96. The van der Waals surface area contributed by atoms with Crippen molar-refractivity contribution >= 4 is 17.4 Å². The fraction of sp³-hybridized carbons (Fsp3) is 0.190. The van der Waals surface area contributed by atoms with Gasteiger partial charge in [0, 0.05) is 18.3 Å². The SMILES string of the molecule is Cc1cccc(CNC(=O)c2cnc(Nc3ccc4c(c3)OCCO4)cn2)c1. The monoisotopic (exact) mass is 376 g/mol. The summed E-state index contributed by atoms with van der Waals surface area (Å²) in [6.45, 7) is 3.55. The van der Waals surface area contributed by atoms with Crippen molar-refractivity contribution in [1.29, 1.82) is 0 Å². The van der Waals surface area contributed by atoms with Gasteiger partial charge in [-0.3, -0.25) is 4.79 Å². The van der Waals surface area contributed by atoms with Crippen molar-refractivity contribution in [3.05, 3.63) is 71.7 Å². The van der Waals surface area contributed by atoms with E-state index in [2.05, 4.69) is 20.6 Å². The molecule has 0 bridgehead atoms. The predicted molar refractivity (Wildman–Crippen MR) is 105 cm³/mol. The largest absolute Gasteiger partial charge is 0.486 e. The van der Waals surface area contributed by atoms with Gasteiger partial charge in [-0.2, -0.15) is 0 Å². The minimum Gasteiger partial charge on any atom is -0.486 e. The first kappa shape index (κ1) is 17.8. The Hall–Kier alpha value is -3.61. The molecule has 1 amide bonds. The Labute approximate surface area is 162 Å². The van der Waals surface area contributed by atoms with Crippen LogP contribution >= 0.6 is 0 Å². The van der Waals surface area contributed by atoms with Crippen molar-refractivity contribution in [2.45, 2.75) is 13.5 Å². The van der Waals surface area contributed by atoms with E-state index in [0.717, 1.165) is 22.6 Å². The zero-order valence-corrected chi connectivity index (χ0v) is 15.4. The molecule has 3 aromatic rings. The second-order valence-electron chi connectivity index (χ2n) is 6.44. The van der Waals surface area contributed by atoms with Gasteiger partial charge >= 0.3 is 0 Å². The van der Waals surface area contributed by atoms with Crippen molar-refractivity contribution in [2.75, 3.05) is 18.5 Å². The zero-order chi connectivity index (χ0) is 19.3. The molecule has 7 heteroatoms. The average Bonchev–Trinajstić information content (AvgIpc) is 2.72. The van der Waals surface area contributed by atoms with E-state index in [1.54, 1.807) is 0 Å². The number of aryl methyl sites for hydroxylation is 1. The van der Waals surface area contributed by atoms with E-state index >= 15 is 0 Å². The van der Waals surface area contributed by atoms with Gasteiger partial charge in [-0.25, -0.2) is 9.97 Å².